The fourth-order valence-electron chi connectivity index (χ4n) is 1.00. The van der Waals surface area contributed by atoms with Gasteiger partial charge in [0.25, 0.3) is 0 Å². The fourth-order valence-corrected chi connectivity index (χ4v) is 1.00. The van der Waals surface area contributed by atoms with Crippen molar-refractivity contribution in [3.63, 3.8) is 0 Å². The second kappa shape index (κ2) is 3.47. The monoisotopic (exact) mass is 148 g/mol. The quantitative estimate of drug-likeness (QED) is 0.579. The second-order valence-electron chi connectivity index (χ2n) is 2.93. The molecule has 2 heteroatoms. The lowest BCUT2D eigenvalue weighted by atomic mass is 9.49. The maximum absolute atomic E-state index is 5.11. The first-order valence-corrected chi connectivity index (χ1v) is 3.88. The molecule has 0 heterocycles. The number of rotatable bonds is 2. The summed E-state index contributed by atoms with van der Waals surface area (Å²) >= 11 is 0. The molecule has 0 amide bonds. The Hall–Kier alpha value is -0.915. The van der Waals surface area contributed by atoms with E-state index in [9.17, 15) is 0 Å². The zero-order valence-electron chi connectivity index (χ0n) is 7.29. The van der Waals surface area contributed by atoms with E-state index in [-0.39, 0.29) is 0 Å². The lowest BCUT2D eigenvalue weighted by Gasteiger charge is -2.04. The Labute approximate surface area is 68.5 Å². The third kappa shape index (κ3) is 2.00. The van der Waals surface area contributed by atoms with E-state index in [0.29, 0.717) is 6.71 Å². The van der Waals surface area contributed by atoms with E-state index in [2.05, 4.69) is 25.8 Å². The third-order valence-corrected chi connectivity index (χ3v) is 1.76. The second-order valence-corrected chi connectivity index (χ2v) is 2.93. The van der Waals surface area contributed by atoms with E-state index < -0.39 is 0 Å². The average Bonchev–Trinajstić information content (AvgIpc) is 2.05. The Morgan fingerprint density at radius 2 is 2.00 bits per heavy atom. The first kappa shape index (κ1) is 8.18. The Balaban J connectivity index is 2.91. The van der Waals surface area contributed by atoms with Crippen LogP contribution in [0.2, 0.25) is 13.6 Å². The Kier molecular flexibility index (Phi) is 2.58. The minimum Gasteiger partial charge on any atom is -0.497 e. The number of benzene rings is 1. The van der Waals surface area contributed by atoms with Gasteiger partial charge in [-0.3, -0.25) is 0 Å². The number of hydrogen-bond donors (Lipinski definition) is 0. The van der Waals surface area contributed by atoms with Crippen LogP contribution in [0.25, 0.3) is 0 Å². The smallest absolute Gasteiger partial charge is 0.169 e. The molecule has 0 aliphatic heterocycles. The number of methoxy groups -OCH3 is 1. The van der Waals surface area contributed by atoms with Gasteiger partial charge in [0.05, 0.1) is 7.11 Å². The van der Waals surface area contributed by atoms with Crippen molar-refractivity contribution in [1.29, 1.82) is 0 Å². The molecule has 1 aromatic rings. The maximum atomic E-state index is 5.11. The van der Waals surface area contributed by atoms with Crippen LogP contribution in [0.4, 0.5) is 0 Å². The van der Waals surface area contributed by atoms with Gasteiger partial charge in [-0.15, -0.1) is 0 Å². The van der Waals surface area contributed by atoms with Crippen molar-refractivity contribution in [2.45, 2.75) is 13.6 Å². The molecule has 0 spiro atoms. The molecule has 1 aromatic carbocycles. The molecule has 0 unspecified atom stereocenters. The van der Waals surface area contributed by atoms with Crippen LogP contribution >= 0.6 is 0 Å². The normalized spacial score (nSPS) is 9.36. The molecule has 1 nitrogen and oxygen atoms in total. The summed E-state index contributed by atoms with van der Waals surface area (Å²) in [5.74, 6) is 0.941. The van der Waals surface area contributed by atoms with Gasteiger partial charge in [0.15, 0.2) is 6.71 Å². The molecular weight excluding hydrogens is 135 g/mol. The predicted octanol–water partition coefficient (Wildman–Crippen LogP) is 1.66. The van der Waals surface area contributed by atoms with Crippen LogP contribution in [-0.4, -0.2) is 13.8 Å². The third-order valence-electron chi connectivity index (χ3n) is 1.76. The molecule has 0 saturated heterocycles. The molecule has 0 N–H and O–H groups in total. The van der Waals surface area contributed by atoms with Gasteiger partial charge in [-0.1, -0.05) is 31.2 Å². The van der Waals surface area contributed by atoms with Crippen molar-refractivity contribution < 1.29 is 4.74 Å². The molecule has 0 aromatic heterocycles. The lowest BCUT2D eigenvalue weighted by Crippen LogP contribution is -2.21. The molecule has 0 aliphatic carbocycles. The summed E-state index contributed by atoms with van der Waals surface area (Å²) in [6, 6.07) is 8.18. The molecule has 0 aliphatic rings. The van der Waals surface area contributed by atoms with Gasteiger partial charge in [0.1, 0.15) is 5.75 Å². The van der Waals surface area contributed by atoms with Crippen LogP contribution in [0, 0.1) is 0 Å². The van der Waals surface area contributed by atoms with Gasteiger partial charge in [0.2, 0.25) is 0 Å². The zero-order chi connectivity index (χ0) is 8.27. The summed E-state index contributed by atoms with van der Waals surface area (Å²) in [6.07, 6.45) is 0. The number of hydrogen-bond acceptors (Lipinski definition) is 1. The van der Waals surface area contributed by atoms with Crippen LogP contribution < -0.4 is 10.2 Å². The van der Waals surface area contributed by atoms with Gasteiger partial charge in [-0.2, -0.15) is 0 Å². The highest BCUT2D eigenvalue weighted by atomic mass is 16.5. The highest BCUT2D eigenvalue weighted by Gasteiger charge is 2.02. The SMILES string of the molecule is COc1cccc(B(C)C)c1. The van der Waals surface area contributed by atoms with E-state index in [1.807, 2.05) is 12.1 Å². The summed E-state index contributed by atoms with van der Waals surface area (Å²) in [6.45, 7) is 4.92. The molecule has 11 heavy (non-hydrogen) atoms. The van der Waals surface area contributed by atoms with E-state index >= 15 is 0 Å². The molecule has 0 bridgehead atoms. The zero-order valence-corrected chi connectivity index (χ0v) is 7.29. The Bertz CT molecular complexity index is 233. The predicted molar refractivity (Wildman–Crippen MR) is 50.1 cm³/mol. The van der Waals surface area contributed by atoms with Crippen LogP contribution in [0.3, 0.4) is 0 Å². The fraction of sp³-hybridized carbons (Fsp3) is 0.333. The Morgan fingerprint density at radius 1 is 1.27 bits per heavy atom. The van der Waals surface area contributed by atoms with E-state index in [1.54, 1.807) is 7.11 Å². The summed E-state index contributed by atoms with van der Waals surface area (Å²) in [5.41, 5.74) is 1.32. The molecule has 1 rings (SSSR count). The van der Waals surface area contributed by atoms with Gasteiger partial charge in [-0.25, -0.2) is 0 Å². The lowest BCUT2D eigenvalue weighted by molar-refractivity contribution is 0.415. The maximum Gasteiger partial charge on any atom is 0.169 e. The highest BCUT2D eigenvalue weighted by molar-refractivity contribution is 6.70. The van der Waals surface area contributed by atoms with Gasteiger partial charge >= 0.3 is 0 Å². The molecule has 0 atom stereocenters. The minimum absolute atomic E-state index is 0.574. The van der Waals surface area contributed by atoms with Crippen molar-refractivity contribution in [2.75, 3.05) is 7.11 Å². The van der Waals surface area contributed by atoms with Crippen molar-refractivity contribution in [1.82, 2.24) is 0 Å². The van der Waals surface area contributed by atoms with Crippen LogP contribution in [0.5, 0.6) is 5.75 Å². The van der Waals surface area contributed by atoms with Crippen LogP contribution in [-0.2, 0) is 0 Å². The van der Waals surface area contributed by atoms with Crippen molar-refractivity contribution in [2.24, 2.45) is 0 Å². The summed E-state index contributed by atoms with van der Waals surface area (Å²) in [4.78, 5) is 0. The average molecular weight is 148 g/mol. The first-order valence-electron chi connectivity index (χ1n) is 3.88. The number of ether oxygens (including phenoxy) is 1. The van der Waals surface area contributed by atoms with Gasteiger partial charge < -0.3 is 4.74 Å². The van der Waals surface area contributed by atoms with Crippen molar-refractivity contribution in [3.8, 4) is 5.75 Å². The van der Waals surface area contributed by atoms with E-state index in [1.165, 1.54) is 5.46 Å². The van der Waals surface area contributed by atoms with Crippen molar-refractivity contribution in [3.05, 3.63) is 24.3 Å². The van der Waals surface area contributed by atoms with E-state index in [0.717, 1.165) is 5.75 Å². The van der Waals surface area contributed by atoms with Crippen LogP contribution in [0.1, 0.15) is 0 Å². The van der Waals surface area contributed by atoms with Gasteiger partial charge in [-0.05, 0) is 12.1 Å². The minimum atomic E-state index is 0.574. The largest absolute Gasteiger partial charge is 0.497 e. The molecule has 0 fully saturated rings. The van der Waals surface area contributed by atoms with Crippen LogP contribution in [0.15, 0.2) is 24.3 Å². The Morgan fingerprint density at radius 3 is 2.55 bits per heavy atom. The first-order chi connectivity index (χ1) is 5.24. The molecule has 0 saturated carbocycles. The topological polar surface area (TPSA) is 9.23 Å². The van der Waals surface area contributed by atoms with Crippen molar-refractivity contribution >= 4 is 12.2 Å². The highest BCUT2D eigenvalue weighted by Crippen LogP contribution is 2.05. The summed E-state index contributed by atoms with van der Waals surface area (Å²) < 4.78 is 5.11. The molecular formula is C9H13BO. The van der Waals surface area contributed by atoms with E-state index in [4.69, 9.17) is 4.74 Å². The van der Waals surface area contributed by atoms with Gasteiger partial charge in [0, 0.05) is 0 Å². The molecule has 0 radical (unpaired) electrons. The standard InChI is InChI=1S/C9H13BO/c1-10(2)8-5-4-6-9(7-8)11-3/h4-7H,1-3H3. The molecule has 58 valence electrons. The summed E-state index contributed by atoms with van der Waals surface area (Å²) in [7, 11) is 1.69. The summed E-state index contributed by atoms with van der Waals surface area (Å²) in [5, 5.41) is 0.